The summed E-state index contributed by atoms with van der Waals surface area (Å²) in [4.78, 5) is 0. The van der Waals surface area contributed by atoms with Crippen molar-refractivity contribution in [3.8, 4) is 0 Å². The summed E-state index contributed by atoms with van der Waals surface area (Å²) in [5.74, 6) is 0. The van der Waals surface area contributed by atoms with Gasteiger partial charge in [-0.05, 0) is 12.5 Å². The monoisotopic (exact) mass is 129 g/mol. The summed E-state index contributed by atoms with van der Waals surface area (Å²) in [7, 11) is 0. The minimum atomic E-state index is 1.05. The van der Waals surface area contributed by atoms with Crippen LogP contribution < -0.4 is 5.54 Å². The van der Waals surface area contributed by atoms with Gasteiger partial charge in [0.25, 0.3) is 0 Å². The van der Waals surface area contributed by atoms with Crippen molar-refractivity contribution < 1.29 is 4.48 Å². The van der Waals surface area contributed by atoms with Crippen LogP contribution in [-0.2, 0) is 0 Å². The third-order valence-corrected chi connectivity index (χ3v) is 0.862. The van der Waals surface area contributed by atoms with Crippen molar-refractivity contribution in [3.05, 3.63) is 24.4 Å². The van der Waals surface area contributed by atoms with Gasteiger partial charge in [-0.15, -0.1) is 4.48 Å². The SMILES string of the molecule is CCC/C=C\C=C/NF. The number of rotatable bonds is 4. The lowest BCUT2D eigenvalue weighted by Gasteiger charge is -1.79. The Morgan fingerprint density at radius 1 is 1.44 bits per heavy atom. The summed E-state index contributed by atoms with van der Waals surface area (Å²) in [6.45, 7) is 2.10. The van der Waals surface area contributed by atoms with Gasteiger partial charge < -0.3 is 0 Å². The Bertz CT molecular complexity index is 97.1. The van der Waals surface area contributed by atoms with Gasteiger partial charge in [0.1, 0.15) is 0 Å². The average Bonchev–Trinajstić information content (AvgIpc) is 1.89. The Hall–Kier alpha value is -0.790. The lowest BCUT2D eigenvalue weighted by atomic mass is 10.3. The summed E-state index contributed by atoms with van der Waals surface area (Å²) in [5.41, 5.74) is 1.41. The number of hydrogen-bond donors (Lipinski definition) is 1. The molecule has 52 valence electrons. The number of unbranched alkanes of at least 4 members (excludes halogenated alkanes) is 1. The molecule has 0 heterocycles. The number of hydrogen-bond acceptors (Lipinski definition) is 1. The minimum absolute atomic E-state index is 1.05. The van der Waals surface area contributed by atoms with Crippen LogP contribution >= 0.6 is 0 Å². The van der Waals surface area contributed by atoms with Crippen LogP contribution in [-0.4, -0.2) is 0 Å². The second-order valence-electron chi connectivity index (χ2n) is 1.69. The maximum Gasteiger partial charge on any atom is 0.0293 e. The Balaban J connectivity index is 3.13. The second-order valence-corrected chi connectivity index (χ2v) is 1.69. The molecule has 0 rings (SSSR count). The predicted molar refractivity (Wildman–Crippen MR) is 37.4 cm³/mol. The van der Waals surface area contributed by atoms with Crippen LogP contribution in [0.2, 0.25) is 0 Å². The van der Waals surface area contributed by atoms with Crippen LogP contribution in [0.15, 0.2) is 24.4 Å². The first kappa shape index (κ1) is 8.21. The van der Waals surface area contributed by atoms with E-state index in [1.807, 2.05) is 12.2 Å². The van der Waals surface area contributed by atoms with Crippen molar-refractivity contribution in [2.45, 2.75) is 19.8 Å². The topological polar surface area (TPSA) is 12.0 Å². The highest BCUT2D eigenvalue weighted by Gasteiger charge is 1.68. The lowest BCUT2D eigenvalue weighted by Crippen LogP contribution is -1.80. The summed E-state index contributed by atoms with van der Waals surface area (Å²) in [5, 5.41) is 0. The minimum Gasteiger partial charge on any atom is -0.232 e. The van der Waals surface area contributed by atoms with Gasteiger partial charge in [-0.3, -0.25) is 0 Å². The van der Waals surface area contributed by atoms with Gasteiger partial charge in [0.2, 0.25) is 0 Å². The predicted octanol–water partition coefficient (Wildman–Crippen LogP) is 2.33. The molecule has 0 radical (unpaired) electrons. The van der Waals surface area contributed by atoms with Crippen molar-refractivity contribution >= 4 is 0 Å². The molecule has 0 saturated carbocycles. The molecule has 0 aromatic carbocycles. The Morgan fingerprint density at radius 2 is 2.22 bits per heavy atom. The van der Waals surface area contributed by atoms with E-state index < -0.39 is 0 Å². The molecular formula is C7H12FN. The van der Waals surface area contributed by atoms with Gasteiger partial charge in [-0.25, -0.2) is 5.54 Å². The van der Waals surface area contributed by atoms with Crippen LogP contribution in [0.5, 0.6) is 0 Å². The summed E-state index contributed by atoms with van der Waals surface area (Å²) < 4.78 is 11.1. The molecule has 0 atom stereocenters. The van der Waals surface area contributed by atoms with E-state index in [0.29, 0.717) is 0 Å². The van der Waals surface area contributed by atoms with Crippen molar-refractivity contribution in [3.63, 3.8) is 0 Å². The van der Waals surface area contributed by atoms with Crippen LogP contribution in [0.25, 0.3) is 0 Å². The van der Waals surface area contributed by atoms with Crippen LogP contribution in [0, 0.1) is 0 Å². The van der Waals surface area contributed by atoms with E-state index in [9.17, 15) is 4.48 Å². The Morgan fingerprint density at radius 3 is 2.78 bits per heavy atom. The molecule has 1 N–H and O–H groups in total. The van der Waals surface area contributed by atoms with Gasteiger partial charge in [-0.1, -0.05) is 25.5 Å². The van der Waals surface area contributed by atoms with Crippen LogP contribution in [0.1, 0.15) is 19.8 Å². The zero-order valence-corrected chi connectivity index (χ0v) is 5.60. The smallest absolute Gasteiger partial charge is 0.0293 e. The molecule has 0 aliphatic carbocycles. The molecule has 0 aliphatic rings. The molecule has 2 heteroatoms. The number of halogens is 1. The van der Waals surface area contributed by atoms with Crippen molar-refractivity contribution in [2.75, 3.05) is 0 Å². The molecule has 0 amide bonds. The molecule has 0 spiro atoms. The molecule has 0 unspecified atom stereocenters. The molecule has 0 aromatic heterocycles. The fourth-order valence-electron chi connectivity index (χ4n) is 0.433. The van der Waals surface area contributed by atoms with E-state index in [-0.39, 0.29) is 0 Å². The largest absolute Gasteiger partial charge is 0.232 e. The molecule has 0 bridgehead atoms. The summed E-state index contributed by atoms with van der Waals surface area (Å²) in [6.07, 6.45) is 8.86. The average molecular weight is 129 g/mol. The quantitative estimate of drug-likeness (QED) is 0.453. The van der Waals surface area contributed by atoms with Crippen LogP contribution in [0.3, 0.4) is 0 Å². The summed E-state index contributed by atoms with van der Waals surface area (Å²) >= 11 is 0. The number of nitrogens with one attached hydrogen (secondary N) is 1. The van der Waals surface area contributed by atoms with E-state index in [2.05, 4.69) is 6.92 Å². The maximum atomic E-state index is 11.1. The highest BCUT2D eigenvalue weighted by Crippen LogP contribution is 1.87. The van der Waals surface area contributed by atoms with Crippen LogP contribution in [0.4, 0.5) is 4.48 Å². The van der Waals surface area contributed by atoms with E-state index in [1.54, 1.807) is 6.08 Å². The van der Waals surface area contributed by atoms with Gasteiger partial charge in [0.05, 0.1) is 0 Å². The van der Waals surface area contributed by atoms with Gasteiger partial charge >= 0.3 is 0 Å². The molecule has 1 nitrogen and oxygen atoms in total. The van der Waals surface area contributed by atoms with Gasteiger partial charge in [0, 0.05) is 6.20 Å². The van der Waals surface area contributed by atoms with Gasteiger partial charge in [0.15, 0.2) is 0 Å². The first-order valence-electron chi connectivity index (χ1n) is 3.09. The normalized spacial score (nSPS) is 11.3. The first-order valence-corrected chi connectivity index (χ1v) is 3.09. The summed E-state index contributed by atoms with van der Waals surface area (Å²) in [6, 6.07) is 0. The molecule has 9 heavy (non-hydrogen) atoms. The molecule has 0 fully saturated rings. The van der Waals surface area contributed by atoms with Crippen molar-refractivity contribution in [1.82, 2.24) is 5.54 Å². The highest BCUT2D eigenvalue weighted by atomic mass is 19.2. The zero-order valence-electron chi connectivity index (χ0n) is 5.60. The molecule has 0 aliphatic heterocycles. The zero-order chi connectivity index (χ0) is 6.95. The van der Waals surface area contributed by atoms with E-state index >= 15 is 0 Å². The van der Waals surface area contributed by atoms with E-state index in [4.69, 9.17) is 0 Å². The third kappa shape index (κ3) is 7.21. The Kier molecular flexibility index (Phi) is 6.58. The maximum absolute atomic E-state index is 11.1. The Labute approximate surface area is 55.2 Å². The molecule has 0 aromatic rings. The molecule has 0 saturated heterocycles. The lowest BCUT2D eigenvalue weighted by molar-refractivity contribution is 0.407. The van der Waals surface area contributed by atoms with Gasteiger partial charge in [-0.2, -0.15) is 0 Å². The van der Waals surface area contributed by atoms with E-state index in [0.717, 1.165) is 12.8 Å². The van der Waals surface area contributed by atoms with E-state index in [1.165, 1.54) is 11.7 Å². The fourth-order valence-corrected chi connectivity index (χ4v) is 0.433. The van der Waals surface area contributed by atoms with Crippen molar-refractivity contribution in [1.29, 1.82) is 0 Å². The fraction of sp³-hybridized carbons (Fsp3) is 0.429. The first-order chi connectivity index (χ1) is 4.41. The second kappa shape index (κ2) is 7.21. The standard InChI is InChI=1S/C7H12FN/c1-2-3-4-5-6-7-9-8/h4-7,9H,2-3H2,1H3/b5-4-,7-6-. The number of allylic oxidation sites excluding steroid dienone is 3. The van der Waals surface area contributed by atoms with Crippen molar-refractivity contribution in [2.24, 2.45) is 0 Å². The highest BCUT2D eigenvalue weighted by molar-refractivity contribution is 5.00. The third-order valence-electron chi connectivity index (χ3n) is 0.862. The molecular weight excluding hydrogens is 117 g/mol.